The molecule has 110 valence electrons. The first-order valence-corrected chi connectivity index (χ1v) is 7.56. The number of likely N-dealkylation sites (N-methyl/N-ethyl adjacent to an activating group) is 1. The van der Waals surface area contributed by atoms with E-state index in [9.17, 15) is 4.79 Å². The van der Waals surface area contributed by atoms with Crippen LogP contribution in [0.4, 0.5) is 0 Å². The van der Waals surface area contributed by atoms with Gasteiger partial charge in [-0.05, 0) is 30.5 Å². The Morgan fingerprint density at radius 2 is 2.20 bits per heavy atom. The number of rotatable bonds is 6. The molecular formula is C17H25NO2. The topological polar surface area (TPSA) is 38.3 Å². The highest BCUT2D eigenvalue weighted by molar-refractivity contribution is 5.98. The fraction of sp³-hybridized carbons (Fsp3) is 0.588. The lowest BCUT2D eigenvalue weighted by atomic mass is 9.91. The summed E-state index contributed by atoms with van der Waals surface area (Å²) in [6.45, 7) is 8.48. The van der Waals surface area contributed by atoms with E-state index in [1.54, 1.807) is 0 Å². The summed E-state index contributed by atoms with van der Waals surface area (Å²) in [7, 11) is 0. The van der Waals surface area contributed by atoms with Crippen LogP contribution in [0.1, 0.15) is 36.7 Å². The van der Waals surface area contributed by atoms with Crippen LogP contribution in [0, 0.1) is 11.8 Å². The fourth-order valence-corrected chi connectivity index (χ4v) is 2.81. The van der Waals surface area contributed by atoms with Gasteiger partial charge in [0.2, 0.25) is 0 Å². The van der Waals surface area contributed by atoms with Crippen molar-refractivity contribution in [3.63, 3.8) is 0 Å². The van der Waals surface area contributed by atoms with Gasteiger partial charge >= 0.3 is 0 Å². The molecule has 0 saturated carbocycles. The number of carbonyl (C=O) groups excluding carboxylic acids is 1. The monoisotopic (exact) mass is 275 g/mol. The fourth-order valence-electron chi connectivity index (χ4n) is 2.81. The third-order valence-corrected chi connectivity index (χ3v) is 3.74. The predicted octanol–water partition coefficient (Wildman–Crippen LogP) is 2.69. The first-order valence-electron chi connectivity index (χ1n) is 7.56. The van der Waals surface area contributed by atoms with Crippen molar-refractivity contribution >= 4 is 5.78 Å². The van der Waals surface area contributed by atoms with E-state index in [1.807, 2.05) is 18.2 Å². The van der Waals surface area contributed by atoms with Crippen LogP contribution in [0.25, 0.3) is 0 Å². The van der Waals surface area contributed by atoms with Crippen LogP contribution in [-0.2, 0) is 11.2 Å². The van der Waals surface area contributed by atoms with Gasteiger partial charge in [-0.1, -0.05) is 39.0 Å². The number of hydrogen-bond acceptors (Lipinski definition) is 3. The quantitative estimate of drug-likeness (QED) is 0.811. The van der Waals surface area contributed by atoms with Crippen LogP contribution < -0.4 is 5.32 Å². The lowest BCUT2D eigenvalue weighted by molar-refractivity contribution is 0.0891. The molecular weight excluding hydrogens is 250 g/mol. The molecule has 3 heteroatoms. The van der Waals surface area contributed by atoms with Gasteiger partial charge < -0.3 is 10.1 Å². The number of ether oxygens (including phenoxy) is 1. The van der Waals surface area contributed by atoms with Crippen LogP contribution in [-0.4, -0.2) is 31.6 Å². The first kappa shape index (κ1) is 15.2. The molecule has 1 aromatic carbocycles. The third-order valence-electron chi connectivity index (χ3n) is 3.74. The summed E-state index contributed by atoms with van der Waals surface area (Å²) in [6.07, 6.45) is 1.01. The van der Waals surface area contributed by atoms with Crippen molar-refractivity contribution in [3.8, 4) is 0 Å². The number of ketones is 1. The summed E-state index contributed by atoms with van der Waals surface area (Å²) in [5, 5.41) is 3.35. The number of carbonyl (C=O) groups is 1. The molecule has 1 N–H and O–H groups in total. The van der Waals surface area contributed by atoms with Crippen molar-refractivity contribution in [2.24, 2.45) is 11.8 Å². The highest BCUT2D eigenvalue weighted by atomic mass is 16.5. The molecule has 2 rings (SSSR count). The molecule has 1 aromatic rings. The summed E-state index contributed by atoms with van der Waals surface area (Å²) in [6, 6.07) is 8.21. The minimum atomic E-state index is -0.0516. The summed E-state index contributed by atoms with van der Waals surface area (Å²) < 4.78 is 5.48. The molecule has 0 radical (unpaired) electrons. The summed E-state index contributed by atoms with van der Waals surface area (Å²) in [5.74, 6) is 0.757. The summed E-state index contributed by atoms with van der Waals surface area (Å²) in [4.78, 5) is 12.7. The molecule has 2 unspecified atom stereocenters. The van der Waals surface area contributed by atoms with Gasteiger partial charge in [-0.15, -0.1) is 0 Å². The zero-order chi connectivity index (χ0) is 14.5. The standard InChI is InChI=1S/C17H25NO2/c1-4-18-16-11-20-10-15(16)17(19)14-7-5-6-13(9-14)8-12(2)3/h5-7,9,12,15-16,18H,4,8,10-11H2,1-3H3. The third kappa shape index (κ3) is 3.68. The van der Waals surface area contributed by atoms with E-state index in [-0.39, 0.29) is 17.7 Å². The Labute approximate surface area is 121 Å². The van der Waals surface area contributed by atoms with Crippen LogP contribution in [0.15, 0.2) is 24.3 Å². The molecule has 0 aliphatic carbocycles. The largest absolute Gasteiger partial charge is 0.379 e. The van der Waals surface area contributed by atoms with Gasteiger partial charge in [-0.25, -0.2) is 0 Å². The number of hydrogen-bond donors (Lipinski definition) is 1. The Morgan fingerprint density at radius 1 is 1.40 bits per heavy atom. The maximum Gasteiger partial charge on any atom is 0.169 e. The smallest absolute Gasteiger partial charge is 0.169 e. The molecule has 0 aromatic heterocycles. The summed E-state index contributed by atoms with van der Waals surface area (Å²) >= 11 is 0. The maximum absolute atomic E-state index is 12.7. The van der Waals surface area contributed by atoms with Gasteiger partial charge in [0.1, 0.15) is 0 Å². The van der Waals surface area contributed by atoms with E-state index < -0.39 is 0 Å². The molecule has 1 heterocycles. The normalized spacial score (nSPS) is 22.4. The average Bonchev–Trinajstić information content (AvgIpc) is 2.86. The summed E-state index contributed by atoms with van der Waals surface area (Å²) in [5.41, 5.74) is 2.06. The van der Waals surface area contributed by atoms with Crippen molar-refractivity contribution in [2.75, 3.05) is 19.8 Å². The molecule has 0 bridgehead atoms. The van der Waals surface area contributed by atoms with Crippen molar-refractivity contribution in [2.45, 2.75) is 33.2 Å². The van der Waals surface area contributed by atoms with Gasteiger partial charge in [0.25, 0.3) is 0 Å². The van der Waals surface area contributed by atoms with Crippen LogP contribution in [0.2, 0.25) is 0 Å². The first-order chi connectivity index (χ1) is 9.61. The van der Waals surface area contributed by atoms with Gasteiger partial charge in [-0.3, -0.25) is 4.79 Å². The Balaban J connectivity index is 2.12. The molecule has 0 spiro atoms. The van der Waals surface area contributed by atoms with Gasteiger partial charge in [-0.2, -0.15) is 0 Å². The zero-order valence-corrected chi connectivity index (χ0v) is 12.7. The van der Waals surface area contributed by atoms with E-state index >= 15 is 0 Å². The maximum atomic E-state index is 12.7. The van der Waals surface area contributed by atoms with E-state index in [2.05, 4.69) is 32.2 Å². The van der Waals surface area contributed by atoms with Crippen molar-refractivity contribution in [1.29, 1.82) is 0 Å². The Hall–Kier alpha value is -1.19. The second-order valence-corrected chi connectivity index (χ2v) is 5.97. The van der Waals surface area contributed by atoms with E-state index in [1.165, 1.54) is 5.56 Å². The Morgan fingerprint density at radius 3 is 2.90 bits per heavy atom. The lowest BCUT2D eigenvalue weighted by Crippen LogP contribution is -2.39. The molecule has 1 saturated heterocycles. The highest BCUT2D eigenvalue weighted by Gasteiger charge is 2.33. The van der Waals surface area contributed by atoms with E-state index in [0.717, 1.165) is 18.5 Å². The Kier molecular flexibility index (Phi) is 5.32. The molecule has 0 amide bonds. The highest BCUT2D eigenvalue weighted by Crippen LogP contribution is 2.20. The van der Waals surface area contributed by atoms with E-state index in [0.29, 0.717) is 19.1 Å². The molecule has 1 fully saturated rings. The number of nitrogens with one attached hydrogen (secondary N) is 1. The van der Waals surface area contributed by atoms with Crippen molar-refractivity contribution < 1.29 is 9.53 Å². The number of Topliss-reactive ketones (excluding diaryl/α,β-unsaturated/α-hetero) is 1. The second-order valence-electron chi connectivity index (χ2n) is 5.97. The molecule has 2 atom stereocenters. The zero-order valence-electron chi connectivity index (χ0n) is 12.7. The number of benzene rings is 1. The van der Waals surface area contributed by atoms with E-state index in [4.69, 9.17) is 4.74 Å². The predicted molar refractivity (Wildman–Crippen MR) is 81.1 cm³/mol. The van der Waals surface area contributed by atoms with Crippen molar-refractivity contribution in [3.05, 3.63) is 35.4 Å². The van der Waals surface area contributed by atoms with Crippen molar-refractivity contribution in [1.82, 2.24) is 5.32 Å². The van der Waals surface area contributed by atoms with Crippen LogP contribution in [0.3, 0.4) is 0 Å². The van der Waals surface area contributed by atoms with Gasteiger partial charge in [0.05, 0.1) is 19.1 Å². The van der Waals surface area contributed by atoms with Crippen LogP contribution in [0.5, 0.6) is 0 Å². The minimum absolute atomic E-state index is 0.0516. The molecule has 20 heavy (non-hydrogen) atoms. The Bertz CT molecular complexity index is 456. The molecule has 3 nitrogen and oxygen atoms in total. The molecule has 1 aliphatic heterocycles. The SMILES string of the molecule is CCNC1COCC1C(=O)c1cccc(CC(C)C)c1. The van der Waals surface area contributed by atoms with Crippen LogP contribution >= 0.6 is 0 Å². The minimum Gasteiger partial charge on any atom is -0.379 e. The van der Waals surface area contributed by atoms with Gasteiger partial charge in [0, 0.05) is 11.6 Å². The van der Waals surface area contributed by atoms with Gasteiger partial charge in [0.15, 0.2) is 5.78 Å². The second kappa shape index (κ2) is 7.00. The lowest BCUT2D eigenvalue weighted by Gasteiger charge is -2.17. The average molecular weight is 275 g/mol. The molecule has 1 aliphatic rings.